The Kier molecular flexibility index (Phi) is 3.74. The van der Waals surface area contributed by atoms with Crippen molar-refractivity contribution in [3.63, 3.8) is 0 Å². The van der Waals surface area contributed by atoms with Crippen LogP contribution in [0, 0.1) is 0 Å². The van der Waals surface area contributed by atoms with Gasteiger partial charge in [0, 0.05) is 17.1 Å². The molecule has 2 aromatic carbocycles. The highest BCUT2D eigenvalue weighted by Crippen LogP contribution is 2.39. The van der Waals surface area contributed by atoms with Crippen LogP contribution in [0.4, 0.5) is 5.82 Å². The van der Waals surface area contributed by atoms with Crippen LogP contribution in [0.5, 0.6) is 0 Å². The van der Waals surface area contributed by atoms with E-state index < -0.39 is 0 Å². The zero-order valence-corrected chi connectivity index (χ0v) is 13.7. The molecule has 3 aromatic rings. The Morgan fingerprint density at radius 1 is 1.14 bits per heavy atom. The summed E-state index contributed by atoms with van der Waals surface area (Å²) in [6.07, 6.45) is 0. The van der Waals surface area contributed by atoms with Crippen molar-refractivity contribution in [2.45, 2.75) is 0 Å². The van der Waals surface area contributed by atoms with Crippen molar-refractivity contribution >= 4 is 33.3 Å². The lowest BCUT2D eigenvalue weighted by Crippen LogP contribution is -1.97. The van der Waals surface area contributed by atoms with E-state index in [1.165, 1.54) is 0 Å². The summed E-state index contributed by atoms with van der Waals surface area (Å²) in [4.78, 5) is 0. The monoisotopic (exact) mass is 361 g/mol. The maximum Gasteiger partial charge on any atom is 0.129 e. The Labute approximate surface area is 136 Å². The smallest absolute Gasteiger partial charge is 0.129 e. The van der Waals surface area contributed by atoms with Gasteiger partial charge in [-0.1, -0.05) is 57.9 Å². The second-order valence-corrected chi connectivity index (χ2v) is 6.05. The molecule has 0 amide bonds. The minimum absolute atomic E-state index is 0.618. The van der Waals surface area contributed by atoms with Gasteiger partial charge in [-0.25, -0.2) is 0 Å². The maximum atomic E-state index is 6.34. The summed E-state index contributed by atoms with van der Waals surface area (Å²) in [5, 5.41) is 5.19. The van der Waals surface area contributed by atoms with Crippen molar-refractivity contribution in [1.82, 2.24) is 9.78 Å². The largest absolute Gasteiger partial charge is 0.383 e. The van der Waals surface area contributed by atoms with Crippen molar-refractivity contribution in [1.29, 1.82) is 0 Å². The molecule has 0 fully saturated rings. The molecule has 3 rings (SSSR count). The molecule has 5 heteroatoms. The summed E-state index contributed by atoms with van der Waals surface area (Å²) < 4.78 is 2.62. The van der Waals surface area contributed by atoms with Gasteiger partial charge < -0.3 is 5.73 Å². The summed E-state index contributed by atoms with van der Waals surface area (Å²) in [5.74, 6) is 0.618. The molecule has 0 saturated carbocycles. The van der Waals surface area contributed by atoms with Gasteiger partial charge in [0.05, 0.1) is 10.6 Å². The second kappa shape index (κ2) is 5.54. The summed E-state index contributed by atoms with van der Waals surface area (Å²) in [6.45, 7) is 0. The van der Waals surface area contributed by atoms with Gasteiger partial charge in [-0.15, -0.1) is 0 Å². The molecule has 0 atom stereocenters. The molecule has 3 nitrogen and oxygen atoms in total. The molecule has 1 heterocycles. The molecule has 21 heavy (non-hydrogen) atoms. The Balaban J connectivity index is 2.29. The van der Waals surface area contributed by atoms with Crippen molar-refractivity contribution in [2.75, 3.05) is 5.73 Å². The lowest BCUT2D eigenvalue weighted by Gasteiger charge is -2.06. The third kappa shape index (κ3) is 2.57. The zero-order valence-electron chi connectivity index (χ0n) is 11.3. The first-order valence-electron chi connectivity index (χ1n) is 6.41. The number of nitrogens with zero attached hydrogens (tertiary/aromatic N) is 2. The number of anilines is 1. The van der Waals surface area contributed by atoms with Crippen molar-refractivity contribution in [2.24, 2.45) is 7.05 Å². The van der Waals surface area contributed by atoms with Crippen molar-refractivity contribution in [3.05, 3.63) is 58.0 Å². The van der Waals surface area contributed by atoms with Crippen LogP contribution in [0.3, 0.4) is 0 Å². The molecular formula is C16H13BrClN3. The molecular weight excluding hydrogens is 350 g/mol. The number of benzene rings is 2. The van der Waals surface area contributed by atoms with E-state index in [4.69, 9.17) is 17.3 Å². The van der Waals surface area contributed by atoms with Crippen LogP contribution in [0.1, 0.15) is 0 Å². The quantitative estimate of drug-likeness (QED) is 0.715. The van der Waals surface area contributed by atoms with Gasteiger partial charge in [-0.2, -0.15) is 5.10 Å². The highest BCUT2D eigenvalue weighted by molar-refractivity contribution is 9.10. The fourth-order valence-corrected chi connectivity index (χ4v) is 2.86. The van der Waals surface area contributed by atoms with Crippen LogP contribution in [0.15, 0.2) is 53.0 Å². The van der Waals surface area contributed by atoms with Crippen LogP contribution in [-0.4, -0.2) is 9.78 Å². The van der Waals surface area contributed by atoms with Gasteiger partial charge in [-0.3, -0.25) is 4.68 Å². The predicted octanol–water partition coefficient (Wildman–Crippen LogP) is 4.75. The Morgan fingerprint density at radius 2 is 1.86 bits per heavy atom. The fourth-order valence-electron chi connectivity index (χ4n) is 2.29. The van der Waals surface area contributed by atoms with E-state index >= 15 is 0 Å². The minimum Gasteiger partial charge on any atom is -0.383 e. The molecule has 0 aliphatic carbocycles. The van der Waals surface area contributed by atoms with E-state index in [1.54, 1.807) is 4.68 Å². The molecule has 0 spiro atoms. The standard InChI is InChI=1S/C16H13BrClN3/c1-21-16(19)14(10-5-3-2-4-6-10)15(20-21)12-9-11(17)7-8-13(12)18/h2-9H,19H2,1H3. The third-order valence-corrected chi connectivity index (χ3v) is 4.16. The Hall–Kier alpha value is -1.78. The van der Waals surface area contributed by atoms with Gasteiger partial charge in [0.1, 0.15) is 11.5 Å². The summed E-state index contributed by atoms with van der Waals surface area (Å²) in [7, 11) is 1.83. The lowest BCUT2D eigenvalue weighted by atomic mass is 10.0. The number of aromatic nitrogens is 2. The molecule has 0 saturated heterocycles. The second-order valence-electron chi connectivity index (χ2n) is 4.72. The van der Waals surface area contributed by atoms with Crippen molar-refractivity contribution in [3.8, 4) is 22.4 Å². The first kappa shape index (κ1) is 14.2. The molecule has 0 radical (unpaired) electrons. The maximum absolute atomic E-state index is 6.34. The Bertz CT molecular complexity index is 797. The molecule has 0 bridgehead atoms. The number of nitrogen functional groups attached to an aromatic ring is 1. The van der Waals surface area contributed by atoms with E-state index in [-0.39, 0.29) is 0 Å². The molecule has 0 aliphatic rings. The van der Waals surface area contributed by atoms with Crippen LogP contribution >= 0.6 is 27.5 Å². The normalized spacial score (nSPS) is 10.8. The average molecular weight is 363 g/mol. The van der Waals surface area contributed by atoms with Gasteiger partial charge in [0.15, 0.2) is 0 Å². The predicted molar refractivity (Wildman–Crippen MR) is 91.2 cm³/mol. The first-order chi connectivity index (χ1) is 10.1. The van der Waals surface area contributed by atoms with E-state index in [0.29, 0.717) is 10.8 Å². The molecule has 1 aromatic heterocycles. The number of hydrogen-bond acceptors (Lipinski definition) is 2. The minimum atomic E-state index is 0.618. The first-order valence-corrected chi connectivity index (χ1v) is 7.58. The van der Waals surface area contributed by atoms with Crippen LogP contribution in [0.2, 0.25) is 5.02 Å². The highest BCUT2D eigenvalue weighted by atomic mass is 79.9. The fraction of sp³-hybridized carbons (Fsp3) is 0.0625. The SMILES string of the molecule is Cn1nc(-c2cc(Br)ccc2Cl)c(-c2ccccc2)c1N. The molecule has 2 N–H and O–H groups in total. The van der Waals surface area contributed by atoms with E-state index in [0.717, 1.165) is 26.9 Å². The number of hydrogen-bond donors (Lipinski definition) is 1. The number of halogens is 2. The van der Waals surface area contributed by atoms with Gasteiger partial charge in [-0.05, 0) is 23.8 Å². The number of aryl methyl sites for hydroxylation is 1. The summed E-state index contributed by atoms with van der Waals surface area (Å²) >= 11 is 9.82. The Morgan fingerprint density at radius 3 is 2.57 bits per heavy atom. The number of nitrogens with two attached hydrogens (primary N) is 1. The van der Waals surface area contributed by atoms with E-state index in [2.05, 4.69) is 21.0 Å². The van der Waals surface area contributed by atoms with Crippen LogP contribution in [0.25, 0.3) is 22.4 Å². The van der Waals surface area contributed by atoms with Crippen molar-refractivity contribution < 1.29 is 0 Å². The van der Waals surface area contributed by atoms with E-state index in [9.17, 15) is 0 Å². The number of rotatable bonds is 2. The summed E-state index contributed by atoms with van der Waals surface area (Å²) in [5.41, 5.74) is 9.77. The zero-order chi connectivity index (χ0) is 15.0. The van der Waals surface area contributed by atoms with Crippen LogP contribution < -0.4 is 5.73 Å². The average Bonchev–Trinajstić information content (AvgIpc) is 2.78. The topological polar surface area (TPSA) is 43.8 Å². The lowest BCUT2D eigenvalue weighted by molar-refractivity contribution is 0.782. The van der Waals surface area contributed by atoms with Crippen LogP contribution in [-0.2, 0) is 7.05 Å². The van der Waals surface area contributed by atoms with Gasteiger partial charge >= 0.3 is 0 Å². The molecule has 106 valence electrons. The van der Waals surface area contributed by atoms with E-state index in [1.807, 2.05) is 55.6 Å². The summed E-state index contributed by atoms with van der Waals surface area (Å²) in [6, 6.07) is 15.7. The molecule has 0 aliphatic heterocycles. The van der Waals surface area contributed by atoms with Gasteiger partial charge in [0.2, 0.25) is 0 Å². The van der Waals surface area contributed by atoms with Gasteiger partial charge in [0.25, 0.3) is 0 Å². The molecule has 0 unspecified atom stereocenters. The third-order valence-electron chi connectivity index (χ3n) is 3.34. The highest BCUT2D eigenvalue weighted by Gasteiger charge is 2.19.